The number of hydrogen-bond acceptors (Lipinski definition) is 7. The number of benzene rings is 1. The van der Waals surface area contributed by atoms with Crippen LogP contribution >= 0.6 is 0 Å². The molecule has 2 unspecified atom stereocenters. The second-order valence-electron chi connectivity index (χ2n) is 10.3. The molecule has 2 saturated heterocycles. The Labute approximate surface area is 219 Å². The van der Waals surface area contributed by atoms with Crippen molar-refractivity contribution in [1.29, 1.82) is 0 Å². The molecular formula is C28H31F2N3O5. The molecule has 8 nitrogen and oxygen atoms in total. The number of imidazole rings is 1. The number of aromatic nitrogens is 2. The third-order valence-corrected chi connectivity index (χ3v) is 7.53. The van der Waals surface area contributed by atoms with E-state index in [0.29, 0.717) is 53.8 Å². The number of methoxy groups -OCH3 is 1. The first-order valence-corrected chi connectivity index (χ1v) is 13.1. The molecule has 0 amide bonds. The molecule has 3 aromatic rings. The van der Waals surface area contributed by atoms with E-state index in [9.17, 15) is 13.6 Å². The smallest absolute Gasteiger partial charge is 0.387 e. The number of carbonyl (C=O) groups excluding carboxylic acids is 1. The summed E-state index contributed by atoms with van der Waals surface area (Å²) in [6.45, 7) is 0.227. The molecular weight excluding hydrogens is 496 g/mol. The van der Waals surface area contributed by atoms with Crippen LogP contribution in [0.25, 0.3) is 16.9 Å². The number of alkyl halides is 2. The van der Waals surface area contributed by atoms with Gasteiger partial charge in [-0.15, -0.1) is 0 Å². The Morgan fingerprint density at radius 2 is 1.89 bits per heavy atom. The van der Waals surface area contributed by atoms with Crippen LogP contribution in [-0.4, -0.2) is 72.2 Å². The molecule has 2 aliphatic heterocycles. The van der Waals surface area contributed by atoms with Gasteiger partial charge in [-0.25, -0.2) is 4.98 Å². The number of rotatable bonds is 11. The zero-order valence-electron chi connectivity index (χ0n) is 21.3. The highest BCUT2D eigenvalue weighted by Crippen LogP contribution is 2.40. The van der Waals surface area contributed by atoms with Crippen LogP contribution in [0.4, 0.5) is 8.78 Å². The van der Waals surface area contributed by atoms with E-state index in [4.69, 9.17) is 18.9 Å². The zero-order valence-corrected chi connectivity index (χ0v) is 21.3. The number of ether oxygens (including phenoxy) is 4. The van der Waals surface area contributed by atoms with Gasteiger partial charge in [0.1, 0.15) is 35.1 Å². The zero-order chi connectivity index (χ0) is 26.2. The summed E-state index contributed by atoms with van der Waals surface area (Å²) in [6.07, 6.45) is 8.69. The number of likely N-dealkylation sites (tertiary alicyclic amines) is 1. The maximum atomic E-state index is 13.3. The molecule has 0 N–H and O–H groups in total. The van der Waals surface area contributed by atoms with E-state index >= 15 is 0 Å². The van der Waals surface area contributed by atoms with Gasteiger partial charge in [-0.05, 0) is 49.8 Å². The largest absolute Gasteiger partial charge is 0.496 e. The minimum atomic E-state index is -3.07. The summed E-state index contributed by atoms with van der Waals surface area (Å²) in [7, 11) is 1.42. The van der Waals surface area contributed by atoms with Gasteiger partial charge in [0.2, 0.25) is 0 Å². The van der Waals surface area contributed by atoms with Crippen molar-refractivity contribution in [3.63, 3.8) is 0 Å². The van der Waals surface area contributed by atoms with Crippen molar-refractivity contribution in [2.75, 3.05) is 33.4 Å². The fraction of sp³-hybridized carbons (Fsp3) is 0.500. The number of fused-ring (bicyclic) bond motifs is 3. The molecule has 2 atom stereocenters. The van der Waals surface area contributed by atoms with Gasteiger partial charge in [-0.1, -0.05) is 0 Å². The number of morpholine rings is 1. The molecule has 3 fully saturated rings. The normalized spacial score (nSPS) is 21.3. The lowest BCUT2D eigenvalue weighted by molar-refractivity contribution is -0.0502. The monoisotopic (exact) mass is 527 g/mol. The van der Waals surface area contributed by atoms with Crippen LogP contribution in [-0.2, 0) is 4.74 Å². The van der Waals surface area contributed by atoms with Crippen molar-refractivity contribution in [1.82, 2.24) is 14.3 Å². The average molecular weight is 528 g/mol. The number of nitrogens with zero attached hydrogens (tertiary/aromatic N) is 3. The average Bonchev–Trinajstić information content (AvgIpc) is 3.50. The van der Waals surface area contributed by atoms with Crippen molar-refractivity contribution in [2.45, 2.75) is 50.9 Å². The number of carbonyl (C=O) groups is 1. The molecule has 38 heavy (non-hydrogen) atoms. The first kappa shape index (κ1) is 25.1. The molecule has 1 aromatic carbocycles. The van der Waals surface area contributed by atoms with Gasteiger partial charge >= 0.3 is 6.61 Å². The third kappa shape index (κ3) is 5.33. The van der Waals surface area contributed by atoms with Crippen LogP contribution in [0.1, 0.15) is 42.5 Å². The standard InChI is InChI=1S/C28H31F2N3O5/c1-35-24-11-18(12-25(38-28(29)30)27(24)23(34)10-17-2-3-17)22-14-31-26-13-19(6-7-33(22)26)36-9-8-32-15-20-4-5-21(16-32)37-20/h6-7,11-14,17,20-21,28H,2-5,8-10,15-16H2,1H3. The number of pyridine rings is 1. The summed E-state index contributed by atoms with van der Waals surface area (Å²) in [5.74, 6) is 0.759. The quantitative estimate of drug-likeness (QED) is 0.331. The predicted octanol–water partition coefficient (Wildman–Crippen LogP) is 4.84. The first-order valence-electron chi connectivity index (χ1n) is 13.1. The van der Waals surface area contributed by atoms with E-state index < -0.39 is 6.61 Å². The number of Topliss-reactive ketones (excluding diaryl/α,β-unsaturated/α-hetero) is 1. The van der Waals surface area contributed by atoms with Crippen LogP contribution in [0.15, 0.2) is 36.7 Å². The van der Waals surface area contributed by atoms with Gasteiger partial charge in [-0.3, -0.25) is 14.1 Å². The van der Waals surface area contributed by atoms with Crippen LogP contribution < -0.4 is 14.2 Å². The van der Waals surface area contributed by atoms with E-state index in [1.165, 1.54) is 13.2 Å². The topological polar surface area (TPSA) is 74.5 Å². The maximum absolute atomic E-state index is 13.3. The molecule has 0 spiro atoms. The highest BCUT2D eigenvalue weighted by atomic mass is 19.3. The van der Waals surface area contributed by atoms with E-state index in [-0.39, 0.29) is 22.8 Å². The fourth-order valence-electron chi connectivity index (χ4n) is 5.49. The molecule has 6 rings (SSSR count). The van der Waals surface area contributed by atoms with Crippen LogP contribution in [0.3, 0.4) is 0 Å². The molecule has 2 aromatic heterocycles. The molecule has 0 radical (unpaired) electrons. The second-order valence-corrected chi connectivity index (χ2v) is 10.3. The van der Waals surface area contributed by atoms with Crippen molar-refractivity contribution in [2.24, 2.45) is 5.92 Å². The van der Waals surface area contributed by atoms with Gasteiger partial charge in [0.05, 0.1) is 31.2 Å². The number of ketones is 1. The number of halogens is 2. The summed E-state index contributed by atoms with van der Waals surface area (Å²) in [5.41, 5.74) is 1.89. The van der Waals surface area contributed by atoms with E-state index in [1.807, 2.05) is 22.7 Å². The van der Waals surface area contributed by atoms with Crippen molar-refractivity contribution >= 4 is 11.4 Å². The number of hydrogen-bond donors (Lipinski definition) is 0. The second kappa shape index (κ2) is 10.5. The van der Waals surface area contributed by atoms with Crippen LogP contribution in [0.5, 0.6) is 17.2 Å². The van der Waals surface area contributed by atoms with E-state index in [1.54, 1.807) is 12.3 Å². The lowest BCUT2D eigenvalue weighted by Crippen LogP contribution is -2.44. The summed E-state index contributed by atoms with van der Waals surface area (Å²) < 4.78 is 50.6. The Balaban J connectivity index is 1.21. The third-order valence-electron chi connectivity index (χ3n) is 7.53. The van der Waals surface area contributed by atoms with E-state index in [2.05, 4.69) is 9.88 Å². The lowest BCUT2D eigenvalue weighted by Gasteiger charge is -2.31. The molecule has 202 valence electrons. The van der Waals surface area contributed by atoms with Gasteiger partial charge in [0.15, 0.2) is 5.78 Å². The SMILES string of the molecule is COc1cc(-c2cnc3cc(OCCN4CC5CCC(C4)O5)ccn23)cc(OC(F)F)c1C(=O)CC1CC1. The predicted molar refractivity (Wildman–Crippen MR) is 135 cm³/mol. The highest BCUT2D eigenvalue weighted by molar-refractivity contribution is 6.02. The van der Waals surface area contributed by atoms with Crippen molar-refractivity contribution in [3.8, 4) is 28.5 Å². The Hall–Kier alpha value is -3.24. The van der Waals surface area contributed by atoms with Crippen molar-refractivity contribution < 1.29 is 32.5 Å². The first-order chi connectivity index (χ1) is 18.5. The molecule has 4 heterocycles. The van der Waals surface area contributed by atoms with Crippen LogP contribution in [0, 0.1) is 5.92 Å². The Bertz CT molecular complexity index is 1310. The molecule has 3 aliphatic rings. The lowest BCUT2D eigenvalue weighted by atomic mass is 10.00. The van der Waals surface area contributed by atoms with Gasteiger partial charge < -0.3 is 18.9 Å². The minimum absolute atomic E-state index is 0.0567. The van der Waals surface area contributed by atoms with Gasteiger partial charge in [-0.2, -0.15) is 8.78 Å². The van der Waals surface area contributed by atoms with Crippen LogP contribution in [0.2, 0.25) is 0 Å². The summed E-state index contributed by atoms with van der Waals surface area (Å²) in [6, 6.07) is 6.82. The summed E-state index contributed by atoms with van der Waals surface area (Å²) >= 11 is 0. The van der Waals surface area contributed by atoms with Gasteiger partial charge in [0.25, 0.3) is 0 Å². The van der Waals surface area contributed by atoms with E-state index in [0.717, 1.165) is 45.3 Å². The molecule has 10 heteroatoms. The molecule has 1 saturated carbocycles. The minimum Gasteiger partial charge on any atom is -0.496 e. The highest BCUT2D eigenvalue weighted by Gasteiger charge is 2.33. The Morgan fingerprint density at radius 1 is 1.13 bits per heavy atom. The summed E-state index contributed by atoms with van der Waals surface area (Å²) in [5, 5.41) is 0. The van der Waals surface area contributed by atoms with Gasteiger partial charge in [0, 0.05) is 43.9 Å². The van der Waals surface area contributed by atoms with Crippen molar-refractivity contribution in [3.05, 3.63) is 42.2 Å². The Kier molecular flexibility index (Phi) is 6.92. The summed E-state index contributed by atoms with van der Waals surface area (Å²) in [4.78, 5) is 19.8. The molecule has 2 bridgehead atoms. The molecule has 1 aliphatic carbocycles. The Morgan fingerprint density at radius 3 is 2.61 bits per heavy atom. The maximum Gasteiger partial charge on any atom is 0.387 e. The fourth-order valence-corrected chi connectivity index (χ4v) is 5.49.